The standard InChI is InChI=1S/C13H21N3/c1-12(2,8-14)9-16-10-13(3,4)11-5-6-15-7-11/h5-7,15-16H,9-10H2,1-4H3. The van der Waals surface area contributed by atoms with Gasteiger partial charge in [-0.3, -0.25) is 0 Å². The highest BCUT2D eigenvalue weighted by Crippen LogP contribution is 2.22. The monoisotopic (exact) mass is 219 g/mol. The number of H-pyrrole nitrogens is 1. The lowest BCUT2D eigenvalue weighted by molar-refractivity contribution is 0.397. The first kappa shape index (κ1) is 12.8. The molecule has 88 valence electrons. The molecule has 0 saturated heterocycles. The predicted octanol–water partition coefficient (Wildman–Crippen LogP) is 2.43. The molecule has 0 radical (unpaired) electrons. The van der Waals surface area contributed by atoms with E-state index in [0.29, 0.717) is 0 Å². The molecule has 1 aromatic heterocycles. The van der Waals surface area contributed by atoms with Crippen LogP contribution in [0.25, 0.3) is 0 Å². The summed E-state index contributed by atoms with van der Waals surface area (Å²) in [5, 5.41) is 12.3. The van der Waals surface area contributed by atoms with E-state index in [1.165, 1.54) is 5.56 Å². The summed E-state index contributed by atoms with van der Waals surface area (Å²) < 4.78 is 0. The summed E-state index contributed by atoms with van der Waals surface area (Å²) in [6.45, 7) is 9.88. The molecule has 0 amide bonds. The number of nitrogens with zero attached hydrogens (tertiary/aromatic N) is 1. The molecular formula is C13H21N3. The third-order valence-corrected chi connectivity index (χ3v) is 2.82. The van der Waals surface area contributed by atoms with Crippen molar-refractivity contribution in [2.45, 2.75) is 33.1 Å². The maximum atomic E-state index is 8.91. The van der Waals surface area contributed by atoms with Gasteiger partial charge >= 0.3 is 0 Å². The lowest BCUT2D eigenvalue weighted by Gasteiger charge is -2.26. The lowest BCUT2D eigenvalue weighted by Crippen LogP contribution is -2.37. The van der Waals surface area contributed by atoms with Gasteiger partial charge in [0.2, 0.25) is 0 Å². The van der Waals surface area contributed by atoms with Gasteiger partial charge in [0, 0.05) is 30.9 Å². The average molecular weight is 219 g/mol. The summed E-state index contributed by atoms with van der Waals surface area (Å²) in [5.74, 6) is 0. The van der Waals surface area contributed by atoms with Gasteiger partial charge in [0.25, 0.3) is 0 Å². The zero-order valence-corrected chi connectivity index (χ0v) is 10.6. The van der Waals surface area contributed by atoms with Gasteiger partial charge in [0.05, 0.1) is 11.5 Å². The van der Waals surface area contributed by atoms with E-state index < -0.39 is 0 Å². The fourth-order valence-corrected chi connectivity index (χ4v) is 1.57. The Morgan fingerprint density at radius 3 is 2.50 bits per heavy atom. The first-order valence-electron chi connectivity index (χ1n) is 5.63. The van der Waals surface area contributed by atoms with Crippen LogP contribution in [0.1, 0.15) is 33.3 Å². The van der Waals surface area contributed by atoms with Crippen LogP contribution in [-0.2, 0) is 5.41 Å². The topological polar surface area (TPSA) is 51.6 Å². The molecule has 2 N–H and O–H groups in total. The second-order valence-corrected chi connectivity index (χ2v) is 5.58. The molecule has 0 bridgehead atoms. The van der Waals surface area contributed by atoms with Crippen molar-refractivity contribution in [3.63, 3.8) is 0 Å². The molecule has 0 spiro atoms. The van der Waals surface area contributed by atoms with E-state index in [2.05, 4.69) is 36.3 Å². The van der Waals surface area contributed by atoms with Crippen LogP contribution in [0.4, 0.5) is 0 Å². The van der Waals surface area contributed by atoms with Crippen molar-refractivity contribution in [3.8, 4) is 6.07 Å². The molecule has 3 nitrogen and oxygen atoms in total. The quantitative estimate of drug-likeness (QED) is 0.799. The van der Waals surface area contributed by atoms with E-state index in [1.807, 2.05) is 26.2 Å². The van der Waals surface area contributed by atoms with Gasteiger partial charge in [0.15, 0.2) is 0 Å². The molecular weight excluding hydrogens is 198 g/mol. The number of hydrogen-bond acceptors (Lipinski definition) is 2. The fourth-order valence-electron chi connectivity index (χ4n) is 1.57. The minimum Gasteiger partial charge on any atom is -0.367 e. The molecule has 3 heteroatoms. The van der Waals surface area contributed by atoms with Crippen LogP contribution in [0.15, 0.2) is 18.5 Å². The highest BCUT2D eigenvalue weighted by Gasteiger charge is 2.22. The number of aromatic amines is 1. The highest BCUT2D eigenvalue weighted by molar-refractivity contribution is 5.20. The largest absolute Gasteiger partial charge is 0.367 e. The van der Waals surface area contributed by atoms with Gasteiger partial charge < -0.3 is 10.3 Å². The van der Waals surface area contributed by atoms with E-state index >= 15 is 0 Å². The van der Waals surface area contributed by atoms with Crippen LogP contribution in [0.3, 0.4) is 0 Å². The van der Waals surface area contributed by atoms with E-state index in [4.69, 9.17) is 5.26 Å². The first-order chi connectivity index (χ1) is 7.37. The van der Waals surface area contributed by atoms with Crippen molar-refractivity contribution in [3.05, 3.63) is 24.0 Å². The minimum atomic E-state index is -0.297. The van der Waals surface area contributed by atoms with E-state index in [-0.39, 0.29) is 10.8 Å². The molecule has 0 saturated carbocycles. The SMILES string of the molecule is CC(C)(C#N)CNCC(C)(C)c1cc[nH]c1. The molecule has 0 aliphatic carbocycles. The Morgan fingerprint density at radius 2 is 2.00 bits per heavy atom. The Bertz CT molecular complexity index is 355. The van der Waals surface area contributed by atoms with E-state index in [1.54, 1.807) is 0 Å². The molecule has 0 atom stereocenters. The zero-order chi connectivity index (χ0) is 12.2. The van der Waals surface area contributed by atoms with Crippen molar-refractivity contribution in [2.24, 2.45) is 5.41 Å². The molecule has 0 aromatic carbocycles. The first-order valence-corrected chi connectivity index (χ1v) is 5.63. The van der Waals surface area contributed by atoms with Crippen LogP contribution in [-0.4, -0.2) is 18.1 Å². The van der Waals surface area contributed by atoms with Crippen molar-refractivity contribution in [2.75, 3.05) is 13.1 Å². The Balaban J connectivity index is 2.47. The number of nitrogens with one attached hydrogen (secondary N) is 2. The predicted molar refractivity (Wildman–Crippen MR) is 66.1 cm³/mol. The fraction of sp³-hybridized carbons (Fsp3) is 0.615. The maximum absolute atomic E-state index is 8.91. The Kier molecular flexibility index (Phi) is 3.77. The number of nitriles is 1. The van der Waals surface area contributed by atoms with Gasteiger partial charge in [-0.2, -0.15) is 5.26 Å². The number of hydrogen-bond donors (Lipinski definition) is 2. The number of rotatable bonds is 5. The lowest BCUT2D eigenvalue weighted by atomic mass is 9.86. The van der Waals surface area contributed by atoms with Gasteiger partial charge in [-0.05, 0) is 25.5 Å². The molecule has 1 heterocycles. The van der Waals surface area contributed by atoms with Gasteiger partial charge in [0.1, 0.15) is 0 Å². The van der Waals surface area contributed by atoms with Crippen LogP contribution in [0.5, 0.6) is 0 Å². The second kappa shape index (κ2) is 4.71. The summed E-state index contributed by atoms with van der Waals surface area (Å²) in [6.07, 6.45) is 3.97. The van der Waals surface area contributed by atoms with E-state index in [9.17, 15) is 0 Å². The van der Waals surface area contributed by atoms with Crippen molar-refractivity contribution >= 4 is 0 Å². The summed E-state index contributed by atoms with van der Waals surface area (Å²) in [7, 11) is 0. The zero-order valence-electron chi connectivity index (χ0n) is 10.6. The van der Waals surface area contributed by atoms with E-state index in [0.717, 1.165) is 13.1 Å². The third-order valence-electron chi connectivity index (χ3n) is 2.82. The summed E-state index contributed by atoms with van der Waals surface area (Å²) >= 11 is 0. The summed E-state index contributed by atoms with van der Waals surface area (Å²) in [4.78, 5) is 3.07. The van der Waals surface area contributed by atoms with Crippen molar-refractivity contribution in [1.82, 2.24) is 10.3 Å². The Labute approximate surface area is 97.9 Å². The average Bonchev–Trinajstić information content (AvgIpc) is 2.70. The molecule has 0 aliphatic heterocycles. The molecule has 16 heavy (non-hydrogen) atoms. The van der Waals surface area contributed by atoms with Crippen LogP contribution >= 0.6 is 0 Å². The summed E-state index contributed by atoms with van der Waals surface area (Å²) in [5.41, 5.74) is 1.08. The Morgan fingerprint density at radius 1 is 1.31 bits per heavy atom. The molecule has 0 unspecified atom stereocenters. The molecule has 1 rings (SSSR count). The second-order valence-electron chi connectivity index (χ2n) is 5.58. The van der Waals surface area contributed by atoms with Gasteiger partial charge in [-0.25, -0.2) is 0 Å². The normalized spacial score (nSPS) is 12.4. The smallest absolute Gasteiger partial charge is 0.0697 e. The van der Waals surface area contributed by atoms with Gasteiger partial charge in [-0.15, -0.1) is 0 Å². The summed E-state index contributed by atoms with van der Waals surface area (Å²) in [6, 6.07) is 4.39. The minimum absolute atomic E-state index is 0.0888. The maximum Gasteiger partial charge on any atom is 0.0697 e. The third kappa shape index (κ3) is 3.39. The number of aromatic nitrogens is 1. The highest BCUT2D eigenvalue weighted by atomic mass is 14.9. The van der Waals surface area contributed by atoms with Crippen LogP contribution in [0.2, 0.25) is 0 Å². The Hall–Kier alpha value is -1.27. The molecule has 1 aromatic rings. The van der Waals surface area contributed by atoms with Crippen LogP contribution in [0, 0.1) is 16.7 Å². The van der Waals surface area contributed by atoms with Gasteiger partial charge in [-0.1, -0.05) is 13.8 Å². The van der Waals surface area contributed by atoms with Crippen LogP contribution < -0.4 is 5.32 Å². The molecule has 0 fully saturated rings. The van der Waals surface area contributed by atoms with Crippen molar-refractivity contribution in [1.29, 1.82) is 5.26 Å². The molecule has 0 aliphatic rings. The van der Waals surface area contributed by atoms with Crippen molar-refractivity contribution < 1.29 is 0 Å².